The number of rotatable bonds is 4. The van der Waals surface area contributed by atoms with E-state index >= 15 is 0 Å². The van der Waals surface area contributed by atoms with Gasteiger partial charge in [0.05, 0.1) is 17.7 Å². The number of hydrogen-bond donors (Lipinski definition) is 1. The van der Waals surface area contributed by atoms with Crippen LogP contribution in [0.5, 0.6) is 0 Å². The number of morpholine rings is 1. The summed E-state index contributed by atoms with van der Waals surface area (Å²) >= 11 is 12.4. The van der Waals surface area contributed by atoms with Gasteiger partial charge in [-0.25, -0.2) is 8.42 Å². The summed E-state index contributed by atoms with van der Waals surface area (Å²) in [6.07, 6.45) is -0.128. The van der Waals surface area contributed by atoms with E-state index < -0.39 is 10.0 Å². The molecule has 0 amide bonds. The molecule has 21 heavy (non-hydrogen) atoms. The second kappa shape index (κ2) is 6.81. The minimum atomic E-state index is -3.65. The number of benzene rings is 1. The van der Waals surface area contributed by atoms with E-state index in [9.17, 15) is 8.42 Å². The highest BCUT2D eigenvalue weighted by Gasteiger charge is 2.31. The number of nitrogens with one attached hydrogen (secondary N) is 1. The zero-order valence-corrected chi connectivity index (χ0v) is 14.2. The van der Waals surface area contributed by atoms with Crippen molar-refractivity contribution in [1.82, 2.24) is 9.62 Å². The Balaban J connectivity index is 2.42. The Labute approximate surface area is 135 Å². The van der Waals surface area contributed by atoms with Crippen molar-refractivity contribution >= 4 is 33.2 Å². The van der Waals surface area contributed by atoms with Gasteiger partial charge in [-0.15, -0.1) is 0 Å². The highest BCUT2D eigenvalue weighted by molar-refractivity contribution is 7.89. The average Bonchev–Trinajstić information content (AvgIpc) is 2.43. The molecule has 1 heterocycles. The molecule has 1 unspecified atom stereocenters. The van der Waals surface area contributed by atoms with E-state index in [1.807, 2.05) is 6.92 Å². The van der Waals surface area contributed by atoms with Crippen molar-refractivity contribution in [3.8, 4) is 0 Å². The van der Waals surface area contributed by atoms with Gasteiger partial charge in [-0.05, 0) is 26.1 Å². The monoisotopic (exact) mass is 352 g/mol. The molecule has 2 rings (SSSR count). The Morgan fingerprint density at radius 2 is 2.14 bits per heavy atom. The zero-order chi connectivity index (χ0) is 15.6. The smallest absolute Gasteiger partial charge is 0.244 e. The predicted octanol–water partition coefficient (Wildman–Crippen LogP) is 2.12. The summed E-state index contributed by atoms with van der Waals surface area (Å²) in [5, 5.41) is 3.56. The first-order valence-corrected chi connectivity index (χ1v) is 8.80. The van der Waals surface area contributed by atoms with Crippen molar-refractivity contribution < 1.29 is 13.2 Å². The van der Waals surface area contributed by atoms with Crippen molar-refractivity contribution in [2.45, 2.75) is 24.5 Å². The van der Waals surface area contributed by atoms with Gasteiger partial charge in [0.2, 0.25) is 10.0 Å². The van der Waals surface area contributed by atoms with E-state index in [0.717, 1.165) is 0 Å². The Morgan fingerprint density at radius 3 is 2.76 bits per heavy atom. The zero-order valence-electron chi connectivity index (χ0n) is 11.9. The Hall–Kier alpha value is -0.370. The molecule has 1 aromatic carbocycles. The molecule has 0 aliphatic carbocycles. The predicted molar refractivity (Wildman–Crippen MR) is 83.4 cm³/mol. The molecule has 1 aliphatic rings. The van der Waals surface area contributed by atoms with Crippen LogP contribution >= 0.6 is 23.2 Å². The normalized spacial score (nSPS) is 20.7. The summed E-state index contributed by atoms with van der Waals surface area (Å²) in [5.74, 6) is 0. The van der Waals surface area contributed by atoms with Gasteiger partial charge in [0.25, 0.3) is 0 Å². The number of sulfonamides is 1. The average molecular weight is 353 g/mol. The molecule has 1 fully saturated rings. The maximum absolute atomic E-state index is 12.7. The van der Waals surface area contributed by atoms with E-state index in [1.54, 1.807) is 13.1 Å². The highest BCUT2D eigenvalue weighted by Crippen LogP contribution is 2.33. The van der Waals surface area contributed by atoms with Gasteiger partial charge < -0.3 is 10.1 Å². The van der Waals surface area contributed by atoms with Crippen LogP contribution < -0.4 is 5.32 Å². The number of ether oxygens (including phenoxy) is 1. The molecule has 1 aliphatic heterocycles. The standard InChI is InChI=1S/C13H18Cl2N2O3S/c1-9-8-17(5-6-20-9)21(18,19)12-4-3-11(14)10(7-16-2)13(12)15/h3-4,9,16H,5-8H2,1-2H3. The first kappa shape index (κ1) is 17.0. The van der Waals surface area contributed by atoms with Crippen LogP contribution in [0, 0.1) is 0 Å². The third-order valence-electron chi connectivity index (χ3n) is 3.33. The fourth-order valence-corrected chi connectivity index (χ4v) is 4.64. The van der Waals surface area contributed by atoms with E-state index in [1.165, 1.54) is 10.4 Å². The topological polar surface area (TPSA) is 58.6 Å². The fraction of sp³-hybridized carbons (Fsp3) is 0.538. The SMILES string of the molecule is CNCc1c(Cl)ccc(S(=O)(=O)N2CCOC(C)C2)c1Cl. The lowest BCUT2D eigenvalue weighted by Crippen LogP contribution is -2.44. The van der Waals surface area contributed by atoms with Crippen LogP contribution in [0.25, 0.3) is 0 Å². The highest BCUT2D eigenvalue weighted by atomic mass is 35.5. The molecule has 0 saturated carbocycles. The van der Waals surface area contributed by atoms with Crippen molar-refractivity contribution in [2.24, 2.45) is 0 Å². The third kappa shape index (κ3) is 3.52. The van der Waals surface area contributed by atoms with Gasteiger partial charge in [-0.1, -0.05) is 23.2 Å². The van der Waals surface area contributed by atoms with Crippen LogP contribution in [0.1, 0.15) is 12.5 Å². The molecule has 1 aromatic rings. The lowest BCUT2D eigenvalue weighted by atomic mass is 10.2. The second-order valence-electron chi connectivity index (χ2n) is 4.91. The van der Waals surface area contributed by atoms with Crippen molar-refractivity contribution in [3.05, 3.63) is 27.7 Å². The summed E-state index contributed by atoms with van der Waals surface area (Å²) in [6, 6.07) is 3.02. The van der Waals surface area contributed by atoms with Crippen LogP contribution in [0.3, 0.4) is 0 Å². The van der Waals surface area contributed by atoms with Crippen molar-refractivity contribution in [2.75, 3.05) is 26.7 Å². The van der Waals surface area contributed by atoms with E-state index in [0.29, 0.717) is 36.8 Å². The molecular formula is C13H18Cl2N2O3S. The Morgan fingerprint density at radius 1 is 1.43 bits per heavy atom. The van der Waals surface area contributed by atoms with Crippen molar-refractivity contribution in [3.63, 3.8) is 0 Å². The lowest BCUT2D eigenvalue weighted by Gasteiger charge is -2.30. The van der Waals surface area contributed by atoms with Crippen LogP contribution in [0.15, 0.2) is 17.0 Å². The number of halogens is 2. The van der Waals surface area contributed by atoms with Crippen LogP contribution in [0.4, 0.5) is 0 Å². The molecular weight excluding hydrogens is 335 g/mol. The number of nitrogens with zero attached hydrogens (tertiary/aromatic N) is 1. The molecule has 0 spiro atoms. The third-order valence-corrected chi connectivity index (χ3v) is 6.13. The van der Waals surface area contributed by atoms with E-state index in [2.05, 4.69) is 5.32 Å². The quantitative estimate of drug-likeness (QED) is 0.901. The maximum Gasteiger partial charge on any atom is 0.244 e. The van der Waals surface area contributed by atoms with Gasteiger partial charge in [0.1, 0.15) is 4.90 Å². The largest absolute Gasteiger partial charge is 0.376 e. The van der Waals surface area contributed by atoms with Crippen LogP contribution in [-0.4, -0.2) is 45.6 Å². The van der Waals surface area contributed by atoms with Crippen molar-refractivity contribution in [1.29, 1.82) is 0 Å². The minimum Gasteiger partial charge on any atom is -0.376 e. The van der Waals surface area contributed by atoms with E-state index in [4.69, 9.17) is 27.9 Å². The Kier molecular flexibility index (Phi) is 5.51. The molecule has 118 valence electrons. The van der Waals surface area contributed by atoms with Crippen LogP contribution in [0.2, 0.25) is 10.0 Å². The molecule has 0 aromatic heterocycles. The molecule has 1 saturated heterocycles. The van der Waals surface area contributed by atoms with Gasteiger partial charge in [-0.2, -0.15) is 4.31 Å². The molecule has 1 N–H and O–H groups in total. The molecule has 1 atom stereocenters. The van der Waals surface area contributed by atoms with Gasteiger partial charge in [-0.3, -0.25) is 0 Å². The summed E-state index contributed by atoms with van der Waals surface area (Å²) in [7, 11) is -1.90. The molecule has 0 radical (unpaired) electrons. The molecule has 8 heteroatoms. The lowest BCUT2D eigenvalue weighted by molar-refractivity contribution is 0.0102. The summed E-state index contributed by atoms with van der Waals surface area (Å²) < 4.78 is 32.3. The van der Waals surface area contributed by atoms with Gasteiger partial charge >= 0.3 is 0 Å². The van der Waals surface area contributed by atoms with E-state index in [-0.39, 0.29) is 16.0 Å². The number of hydrogen-bond acceptors (Lipinski definition) is 4. The molecule has 0 bridgehead atoms. The first-order chi connectivity index (χ1) is 9.87. The molecule has 5 nitrogen and oxygen atoms in total. The van der Waals surface area contributed by atoms with Gasteiger partial charge in [0.15, 0.2) is 0 Å². The van der Waals surface area contributed by atoms with Gasteiger partial charge in [0, 0.05) is 30.2 Å². The van der Waals surface area contributed by atoms with Crippen LogP contribution in [-0.2, 0) is 21.3 Å². The first-order valence-electron chi connectivity index (χ1n) is 6.61. The summed E-state index contributed by atoms with van der Waals surface area (Å²) in [6.45, 7) is 3.28. The fourth-order valence-electron chi connectivity index (χ4n) is 2.26. The summed E-state index contributed by atoms with van der Waals surface area (Å²) in [5.41, 5.74) is 0.586. The second-order valence-corrected chi connectivity index (χ2v) is 7.60. The Bertz CT molecular complexity index is 622. The maximum atomic E-state index is 12.7. The summed E-state index contributed by atoms with van der Waals surface area (Å²) in [4.78, 5) is 0.0907. The minimum absolute atomic E-state index is 0.0907.